The maximum Gasteiger partial charge on any atom is 0.225 e. The molecular weight excluding hydrogens is 252 g/mol. The Labute approximate surface area is 120 Å². The molecular formula is C16H24N2O2. The molecule has 0 atom stereocenters. The predicted molar refractivity (Wildman–Crippen MR) is 77.1 cm³/mol. The zero-order valence-electron chi connectivity index (χ0n) is 12.1. The molecule has 0 spiro atoms. The van der Waals surface area contributed by atoms with Gasteiger partial charge in [0.1, 0.15) is 5.76 Å². The molecule has 0 bridgehead atoms. The molecule has 20 heavy (non-hydrogen) atoms. The van der Waals surface area contributed by atoms with E-state index in [-0.39, 0.29) is 0 Å². The largest absolute Gasteiger partial charge is 0.468 e. The monoisotopic (exact) mass is 276 g/mol. The van der Waals surface area contributed by atoms with Crippen molar-refractivity contribution in [1.29, 1.82) is 0 Å². The smallest absolute Gasteiger partial charge is 0.225 e. The maximum atomic E-state index is 12.5. The van der Waals surface area contributed by atoms with Gasteiger partial charge in [0.05, 0.1) is 12.8 Å². The second-order valence-corrected chi connectivity index (χ2v) is 6.02. The highest BCUT2D eigenvalue weighted by molar-refractivity contribution is 5.79. The Kier molecular flexibility index (Phi) is 4.41. The summed E-state index contributed by atoms with van der Waals surface area (Å²) in [6.45, 7) is 4.52. The molecule has 1 amide bonds. The highest BCUT2D eigenvalue weighted by Crippen LogP contribution is 2.25. The Balaban J connectivity index is 1.46. The van der Waals surface area contributed by atoms with E-state index in [4.69, 9.17) is 4.42 Å². The third-order valence-corrected chi connectivity index (χ3v) is 4.60. The van der Waals surface area contributed by atoms with E-state index in [0.717, 1.165) is 51.3 Å². The van der Waals surface area contributed by atoms with Crippen LogP contribution in [-0.4, -0.2) is 41.9 Å². The van der Waals surface area contributed by atoms with Gasteiger partial charge >= 0.3 is 0 Å². The van der Waals surface area contributed by atoms with Gasteiger partial charge in [-0.05, 0) is 25.0 Å². The fourth-order valence-electron chi connectivity index (χ4n) is 3.36. The summed E-state index contributed by atoms with van der Waals surface area (Å²) in [6, 6.07) is 3.94. The van der Waals surface area contributed by atoms with Crippen LogP contribution in [0.15, 0.2) is 22.8 Å². The quantitative estimate of drug-likeness (QED) is 0.851. The van der Waals surface area contributed by atoms with E-state index in [9.17, 15) is 4.79 Å². The lowest BCUT2D eigenvalue weighted by atomic mass is 9.88. The van der Waals surface area contributed by atoms with Gasteiger partial charge in [-0.15, -0.1) is 0 Å². The second kappa shape index (κ2) is 6.44. The molecule has 2 fully saturated rings. The fraction of sp³-hybridized carbons (Fsp3) is 0.688. The molecule has 1 aromatic rings. The first-order chi connectivity index (χ1) is 9.83. The van der Waals surface area contributed by atoms with Crippen LogP contribution in [0.4, 0.5) is 0 Å². The Morgan fingerprint density at radius 3 is 2.55 bits per heavy atom. The number of nitrogens with zero attached hydrogens (tertiary/aromatic N) is 2. The topological polar surface area (TPSA) is 36.7 Å². The Bertz CT molecular complexity index is 416. The van der Waals surface area contributed by atoms with Gasteiger partial charge in [-0.2, -0.15) is 0 Å². The highest BCUT2D eigenvalue weighted by Gasteiger charge is 2.28. The average Bonchev–Trinajstić information content (AvgIpc) is 3.01. The summed E-state index contributed by atoms with van der Waals surface area (Å²) >= 11 is 0. The van der Waals surface area contributed by atoms with Crippen LogP contribution in [0, 0.1) is 5.92 Å². The van der Waals surface area contributed by atoms with Gasteiger partial charge in [0.15, 0.2) is 0 Å². The number of rotatable bonds is 3. The number of piperazine rings is 1. The van der Waals surface area contributed by atoms with E-state index in [0.29, 0.717) is 11.8 Å². The standard InChI is InChI=1S/C16H24N2O2/c19-16(14-5-2-1-3-6-14)18-10-8-17(9-11-18)13-15-7-4-12-20-15/h4,7,12,14H,1-3,5-6,8-11,13H2. The number of amides is 1. The molecule has 2 aliphatic rings. The lowest BCUT2D eigenvalue weighted by Crippen LogP contribution is -2.50. The van der Waals surface area contributed by atoms with E-state index in [1.807, 2.05) is 12.1 Å². The first-order valence-corrected chi connectivity index (χ1v) is 7.86. The minimum absolute atomic E-state index is 0.306. The van der Waals surface area contributed by atoms with Crippen molar-refractivity contribution in [1.82, 2.24) is 9.80 Å². The van der Waals surface area contributed by atoms with Crippen LogP contribution in [0.3, 0.4) is 0 Å². The van der Waals surface area contributed by atoms with Gasteiger partial charge in [-0.25, -0.2) is 0 Å². The molecule has 4 heteroatoms. The number of hydrogen-bond donors (Lipinski definition) is 0. The molecule has 0 aromatic carbocycles. The van der Waals surface area contributed by atoms with Crippen molar-refractivity contribution in [2.75, 3.05) is 26.2 Å². The fourth-order valence-corrected chi connectivity index (χ4v) is 3.36. The van der Waals surface area contributed by atoms with Crippen LogP contribution in [0.1, 0.15) is 37.9 Å². The number of carbonyl (C=O) groups excluding carboxylic acids is 1. The summed E-state index contributed by atoms with van der Waals surface area (Å²) in [6.07, 6.45) is 7.69. The molecule has 4 nitrogen and oxygen atoms in total. The molecule has 0 radical (unpaired) electrons. The summed E-state index contributed by atoms with van der Waals surface area (Å²) in [5, 5.41) is 0. The minimum atomic E-state index is 0.306. The van der Waals surface area contributed by atoms with E-state index in [2.05, 4.69) is 9.80 Å². The maximum absolute atomic E-state index is 12.5. The van der Waals surface area contributed by atoms with Crippen molar-refractivity contribution in [3.63, 3.8) is 0 Å². The van der Waals surface area contributed by atoms with Crippen molar-refractivity contribution in [3.05, 3.63) is 24.2 Å². The van der Waals surface area contributed by atoms with Crippen LogP contribution in [0.5, 0.6) is 0 Å². The molecule has 1 aromatic heterocycles. The molecule has 1 saturated carbocycles. The van der Waals surface area contributed by atoms with Crippen molar-refractivity contribution in [2.24, 2.45) is 5.92 Å². The highest BCUT2D eigenvalue weighted by atomic mass is 16.3. The normalized spacial score (nSPS) is 22.1. The SMILES string of the molecule is O=C(C1CCCCC1)N1CCN(Cc2ccco2)CC1. The van der Waals surface area contributed by atoms with Crippen LogP contribution in [0.2, 0.25) is 0 Å². The van der Waals surface area contributed by atoms with Gasteiger partial charge in [0, 0.05) is 32.1 Å². The predicted octanol–water partition coefficient (Wildman–Crippen LogP) is 2.50. The van der Waals surface area contributed by atoms with Crippen molar-refractivity contribution in [2.45, 2.75) is 38.6 Å². The molecule has 1 aliphatic carbocycles. The lowest BCUT2D eigenvalue weighted by Gasteiger charge is -2.36. The van der Waals surface area contributed by atoms with E-state index in [1.54, 1.807) is 6.26 Å². The molecule has 0 N–H and O–H groups in total. The first-order valence-electron chi connectivity index (χ1n) is 7.86. The summed E-state index contributed by atoms with van der Waals surface area (Å²) < 4.78 is 5.38. The zero-order valence-corrected chi connectivity index (χ0v) is 12.1. The van der Waals surface area contributed by atoms with Crippen molar-refractivity contribution < 1.29 is 9.21 Å². The second-order valence-electron chi connectivity index (χ2n) is 6.02. The van der Waals surface area contributed by atoms with Gasteiger partial charge < -0.3 is 9.32 Å². The Morgan fingerprint density at radius 1 is 1.15 bits per heavy atom. The van der Waals surface area contributed by atoms with E-state index >= 15 is 0 Å². The molecule has 1 saturated heterocycles. The summed E-state index contributed by atoms with van der Waals surface area (Å²) in [4.78, 5) is 16.9. The Morgan fingerprint density at radius 2 is 1.90 bits per heavy atom. The minimum Gasteiger partial charge on any atom is -0.468 e. The third-order valence-electron chi connectivity index (χ3n) is 4.60. The third kappa shape index (κ3) is 3.23. The van der Waals surface area contributed by atoms with Crippen LogP contribution < -0.4 is 0 Å². The van der Waals surface area contributed by atoms with Gasteiger partial charge in [-0.3, -0.25) is 9.69 Å². The van der Waals surface area contributed by atoms with Crippen LogP contribution >= 0.6 is 0 Å². The molecule has 2 heterocycles. The lowest BCUT2D eigenvalue weighted by molar-refractivity contribution is -0.138. The van der Waals surface area contributed by atoms with Crippen molar-refractivity contribution >= 4 is 5.91 Å². The molecule has 0 unspecified atom stereocenters. The summed E-state index contributed by atoms with van der Waals surface area (Å²) in [5.74, 6) is 1.72. The summed E-state index contributed by atoms with van der Waals surface area (Å²) in [5.41, 5.74) is 0. The zero-order chi connectivity index (χ0) is 13.8. The Hall–Kier alpha value is -1.29. The van der Waals surface area contributed by atoms with Gasteiger partial charge in [-0.1, -0.05) is 19.3 Å². The average molecular weight is 276 g/mol. The molecule has 1 aliphatic heterocycles. The van der Waals surface area contributed by atoms with E-state index < -0.39 is 0 Å². The number of furan rings is 1. The number of hydrogen-bond acceptors (Lipinski definition) is 3. The summed E-state index contributed by atoms with van der Waals surface area (Å²) in [7, 11) is 0. The molecule has 110 valence electrons. The van der Waals surface area contributed by atoms with Crippen LogP contribution in [-0.2, 0) is 11.3 Å². The van der Waals surface area contributed by atoms with Gasteiger partial charge in [0.25, 0.3) is 0 Å². The van der Waals surface area contributed by atoms with E-state index in [1.165, 1.54) is 19.3 Å². The first kappa shape index (κ1) is 13.7. The number of carbonyl (C=O) groups is 1. The molecule has 3 rings (SSSR count). The van der Waals surface area contributed by atoms with Gasteiger partial charge in [0.2, 0.25) is 5.91 Å². The van der Waals surface area contributed by atoms with Crippen LogP contribution in [0.25, 0.3) is 0 Å². The van der Waals surface area contributed by atoms with Crippen molar-refractivity contribution in [3.8, 4) is 0 Å².